The van der Waals surface area contributed by atoms with Crippen LogP contribution in [-0.2, 0) is 4.74 Å². The Morgan fingerprint density at radius 1 is 1.50 bits per heavy atom. The van der Waals surface area contributed by atoms with Crippen molar-refractivity contribution in [2.24, 2.45) is 5.92 Å². The highest BCUT2D eigenvalue weighted by Gasteiger charge is 2.36. The Morgan fingerprint density at radius 3 is 2.57 bits per heavy atom. The molecule has 14 heavy (non-hydrogen) atoms. The topological polar surface area (TPSA) is 29.5 Å². The van der Waals surface area contributed by atoms with E-state index >= 15 is 0 Å². The van der Waals surface area contributed by atoms with E-state index in [1.165, 1.54) is 12.8 Å². The summed E-state index contributed by atoms with van der Waals surface area (Å²) >= 11 is 0. The lowest BCUT2D eigenvalue weighted by molar-refractivity contribution is -0.0440. The second kappa shape index (κ2) is 5.52. The maximum absolute atomic E-state index is 9.97. The Morgan fingerprint density at radius 2 is 2.14 bits per heavy atom. The van der Waals surface area contributed by atoms with Gasteiger partial charge < -0.3 is 9.84 Å². The number of hydrogen-bond donors (Lipinski definition) is 1. The fourth-order valence-electron chi connectivity index (χ4n) is 1.73. The van der Waals surface area contributed by atoms with Gasteiger partial charge in [-0.25, -0.2) is 0 Å². The maximum Gasteiger partial charge on any atom is 0.0864 e. The van der Waals surface area contributed by atoms with Crippen LogP contribution in [0.4, 0.5) is 0 Å². The Bertz CT molecular complexity index is 185. The van der Waals surface area contributed by atoms with Crippen molar-refractivity contribution in [2.75, 3.05) is 6.61 Å². The van der Waals surface area contributed by atoms with Gasteiger partial charge in [0.1, 0.15) is 0 Å². The van der Waals surface area contributed by atoms with Gasteiger partial charge in [-0.05, 0) is 38.5 Å². The summed E-state index contributed by atoms with van der Waals surface area (Å²) in [7, 11) is 0. The molecule has 1 aliphatic rings. The van der Waals surface area contributed by atoms with Gasteiger partial charge in [0.05, 0.1) is 12.2 Å². The lowest BCUT2D eigenvalue weighted by Crippen LogP contribution is -2.31. The summed E-state index contributed by atoms with van der Waals surface area (Å²) in [5.74, 6) is 0.592. The Labute approximate surface area is 87.0 Å². The fraction of sp³-hybridized carbons (Fsp3) is 0.833. The molecule has 1 fully saturated rings. The first-order valence-electron chi connectivity index (χ1n) is 5.65. The van der Waals surface area contributed by atoms with E-state index in [2.05, 4.69) is 13.5 Å². The van der Waals surface area contributed by atoms with Crippen LogP contribution in [0.25, 0.3) is 0 Å². The molecule has 2 atom stereocenters. The Hall–Kier alpha value is -0.340. The molecular formula is C12H22O2. The molecule has 0 radical (unpaired) electrons. The number of hydrogen-bond acceptors (Lipinski definition) is 2. The van der Waals surface area contributed by atoms with Gasteiger partial charge in [0.2, 0.25) is 0 Å². The molecule has 0 aromatic heterocycles. The molecule has 0 spiro atoms. The predicted molar refractivity (Wildman–Crippen MR) is 58.2 cm³/mol. The molecule has 1 N–H and O–H groups in total. The van der Waals surface area contributed by atoms with Crippen molar-refractivity contribution in [2.45, 2.75) is 51.7 Å². The van der Waals surface area contributed by atoms with Crippen LogP contribution in [0.15, 0.2) is 12.2 Å². The van der Waals surface area contributed by atoms with Crippen molar-refractivity contribution >= 4 is 0 Å². The van der Waals surface area contributed by atoms with E-state index in [4.69, 9.17) is 4.74 Å². The molecular weight excluding hydrogens is 176 g/mol. The molecule has 0 amide bonds. The van der Waals surface area contributed by atoms with Crippen LogP contribution in [0.5, 0.6) is 0 Å². The zero-order chi connectivity index (χ0) is 10.6. The number of rotatable bonds is 7. The van der Waals surface area contributed by atoms with Crippen molar-refractivity contribution in [3.63, 3.8) is 0 Å². The van der Waals surface area contributed by atoms with Crippen LogP contribution in [-0.4, -0.2) is 23.9 Å². The number of ether oxygens (including phenoxy) is 1. The van der Waals surface area contributed by atoms with Crippen LogP contribution in [0.2, 0.25) is 0 Å². The Kier molecular flexibility index (Phi) is 4.63. The lowest BCUT2D eigenvalue weighted by atomic mass is 10.0. The van der Waals surface area contributed by atoms with Gasteiger partial charge in [-0.15, -0.1) is 0 Å². The summed E-state index contributed by atoms with van der Waals surface area (Å²) in [4.78, 5) is 0. The minimum atomic E-state index is -0.352. The average Bonchev–Trinajstić information content (AvgIpc) is 2.97. The molecule has 0 heterocycles. The molecule has 0 aromatic carbocycles. The second-order valence-corrected chi connectivity index (χ2v) is 4.13. The third-order valence-corrected chi connectivity index (χ3v) is 2.82. The largest absolute Gasteiger partial charge is 0.390 e. The van der Waals surface area contributed by atoms with Gasteiger partial charge in [-0.2, -0.15) is 0 Å². The van der Waals surface area contributed by atoms with Gasteiger partial charge in [-0.1, -0.05) is 19.1 Å². The smallest absolute Gasteiger partial charge is 0.0864 e. The third-order valence-electron chi connectivity index (χ3n) is 2.82. The Balaban J connectivity index is 2.37. The summed E-state index contributed by atoms with van der Waals surface area (Å²) in [6, 6.07) is 0. The van der Waals surface area contributed by atoms with Crippen LogP contribution in [0.3, 0.4) is 0 Å². The van der Waals surface area contributed by atoms with Crippen molar-refractivity contribution in [3.05, 3.63) is 12.2 Å². The highest BCUT2D eigenvalue weighted by atomic mass is 16.5. The van der Waals surface area contributed by atoms with Crippen LogP contribution in [0.1, 0.15) is 39.5 Å². The molecule has 1 aliphatic carbocycles. The summed E-state index contributed by atoms with van der Waals surface area (Å²) in [5, 5.41) is 9.97. The van der Waals surface area contributed by atoms with Crippen molar-refractivity contribution in [3.8, 4) is 0 Å². The first-order valence-corrected chi connectivity index (χ1v) is 5.65. The number of aliphatic hydroxyl groups excluding tert-OH is 1. The summed E-state index contributed by atoms with van der Waals surface area (Å²) < 4.78 is 5.58. The van der Waals surface area contributed by atoms with Gasteiger partial charge in [-0.3, -0.25) is 0 Å². The molecule has 2 heteroatoms. The predicted octanol–water partition coefficient (Wildman–Crippen LogP) is 2.52. The normalized spacial score (nSPS) is 20.5. The number of aliphatic hydroxyl groups is 1. The molecule has 0 aromatic rings. The maximum atomic E-state index is 9.97. The summed E-state index contributed by atoms with van der Waals surface area (Å²) in [5.41, 5.74) is 1.11. The third kappa shape index (κ3) is 3.43. The monoisotopic (exact) mass is 198 g/mol. The standard InChI is InChI=1S/C12H22O2/c1-4-9(3)8-11(13)12(14-5-2)10-6-7-10/h10-13H,3-8H2,1-2H3. The zero-order valence-corrected chi connectivity index (χ0v) is 9.33. The quantitative estimate of drug-likeness (QED) is 0.637. The van der Waals surface area contributed by atoms with E-state index in [-0.39, 0.29) is 12.2 Å². The molecule has 2 unspecified atom stereocenters. The highest BCUT2D eigenvalue weighted by molar-refractivity contribution is 4.98. The molecule has 0 aliphatic heterocycles. The first-order chi connectivity index (χ1) is 6.69. The molecule has 0 saturated heterocycles. The highest BCUT2D eigenvalue weighted by Crippen LogP contribution is 2.37. The van der Waals surface area contributed by atoms with Crippen LogP contribution < -0.4 is 0 Å². The minimum absolute atomic E-state index is 0.0447. The van der Waals surface area contributed by atoms with Crippen molar-refractivity contribution < 1.29 is 9.84 Å². The van der Waals surface area contributed by atoms with Gasteiger partial charge in [0, 0.05) is 6.61 Å². The fourth-order valence-corrected chi connectivity index (χ4v) is 1.73. The molecule has 1 saturated carbocycles. The van der Waals surface area contributed by atoms with E-state index in [0.717, 1.165) is 12.0 Å². The van der Waals surface area contributed by atoms with Crippen molar-refractivity contribution in [1.82, 2.24) is 0 Å². The SMILES string of the molecule is C=C(CC)CC(O)C(OCC)C1CC1. The molecule has 82 valence electrons. The van der Waals surface area contributed by atoms with E-state index in [1.807, 2.05) is 6.92 Å². The summed E-state index contributed by atoms with van der Waals surface area (Å²) in [6.45, 7) is 8.67. The van der Waals surface area contributed by atoms with Gasteiger partial charge >= 0.3 is 0 Å². The van der Waals surface area contributed by atoms with E-state index in [1.54, 1.807) is 0 Å². The van der Waals surface area contributed by atoms with E-state index in [9.17, 15) is 5.11 Å². The molecule has 0 bridgehead atoms. The zero-order valence-electron chi connectivity index (χ0n) is 9.33. The van der Waals surface area contributed by atoms with Crippen LogP contribution in [0, 0.1) is 5.92 Å². The molecule has 1 rings (SSSR count). The van der Waals surface area contributed by atoms with E-state index in [0.29, 0.717) is 18.9 Å². The van der Waals surface area contributed by atoms with Gasteiger partial charge in [0.15, 0.2) is 0 Å². The summed E-state index contributed by atoms with van der Waals surface area (Å²) in [6.07, 6.45) is 3.75. The van der Waals surface area contributed by atoms with Crippen LogP contribution >= 0.6 is 0 Å². The lowest BCUT2D eigenvalue weighted by Gasteiger charge is -2.23. The van der Waals surface area contributed by atoms with Crippen molar-refractivity contribution in [1.29, 1.82) is 0 Å². The van der Waals surface area contributed by atoms with Gasteiger partial charge in [0.25, 0.3) is 0 Å². The first kappa shape index (κ1) is 11.7. The van der Waals surface area contributed by atoms with E-state index < -0.39 is 0 Å². The second-order valence-electron chi connectivity index (χ2n) is 4.13. The minimum Gasteiger partial charge on any atom is -0.390 e. The molecule has 2 nitrogen and oxygen atoms in total. The average molecular weight is 198 g/mol.